The van der Waals surface area contributed by atoms with Crippen molar-refractivity contribution in [3.05, 3.63) is 48.5 Å². The minimum absolute atomic E-state index is 0.0644. The first-order valence-corrected chi connectivity index (χ1v) is 10.2. The van der Waals surface area contributed by atoms with Crippen molar-refractivity contribution in [3.63, 3.8) is 0 Å². The van der Waals surface area contributed by atoms with Crippen LogP contribution in [0.25, 0.3) is 0 Å². The molecule has 2 aromatic carbocycles. The normalized spacial score (nSPS) is 10.9. The Morgan fingerprint density at radius 1 is 0.607 bits per heavy atom. The zero-order valence-corrected chi connectivity index (χ0v) is 15.8. The summed E-state index contributed by atoms with van der Waals surface area (Å²) in [5, 5.41) is 0. The lowest BCUT2D eigenvalue weighted by Crippen LogP contribution is -2.34. The van der Waals surface area contributed by atoms with Gasteiger partial charge in [0.05, 0.1) is 9.79 Å². The third-order valence-electron chi connectivity index (χ3n) is 2.85. The van der Waals surface area contributed by atoms with Crippen LogP contribution < -0.4 is 32.4 Å². The van der Waals surface area contributed by atoms with Crippen molar-refractivity contribution in [2.45, 2.75) is 9.79 Å². The fraction of sp³-hybridized carbons (Fsp3) is 0. The molecular weight excluding hydrogens is 412 g/mol. The molecule has 0 heterocycles. The van der Waals surface area contributed by atoms with Crippen molar-refractivity contribution in [1.82, 2.24) is 9.44 Å². The summed E-state index contributed by atoms with van der Waals surface area (Å²) in [6.07, 6.45) is 0. The van der Waals surface area contributed by atoms with Crippen LogP contribution in [0.1, 0.15) is 0 Å². The van der Waals surface area contributed by atoms with E-state index >= 15 is 0 Å². The lowest BCUT2D eigenvalue weighted by Gasteiger charge is -2.03. The number of sulfonamides is 2. The second kappa shape index (κ2) is 8.92. The summed E-state index contributed by atoms with van der Waals surface area (Å²) in [5.41, 5.74) is 21.0. The van der Waals surface area contributed by atoms with Crippen LogP contribution in [-0.2, 0) is 20.0 Å². The zero-order valence-electron chi connectivity index (χ0n) is 14.2. The summed E-state index contributed by atoms with van der Waals surface area (Å²) in [4.78, 5) is 20.6. The van der Waals surface area contributed by atoms with Crippen molar-refractivity contribution in [2.75, 3.05) is 11.5 Å². The van der Waals surface area contributed by atoms with Gasteiger partial charge in [0.1, 0.15) is 0 Å². The highest BCUT2D eigenvalue weighted by atomic mass is 32.2. The number of carbonyl (C=O) groups is 2. The number of anilines is 2. The fourth-order valence-electron chi connectivity index (χ4n) is 1.68. The Bertz CT molecular complexity index is 963. The highest BCUT2D eigenvalue weighted by Crippen LogP contribution is 2.11. The number of nitrogens with one attached hydrogen (secondary N) is 2. The Morgan fingerprint density at radius 2 is 0.857 bits per heavy atom. The highest BCUT2D eigenvalue weighted by molar-refractivity contribution is 7.90. The minimum atomic E-state index is -3.86. The van der Waals surface area contributed by atoms with E-state index in [1.54, 1.807) is 9.44 Å². The standard InChI is InChI=1S/2C7H9N3O3S/c2*8-5-1-3-6(4-2-5)14(12,13)10-7(9)11/h2*1-4H,8H2,(H3,9,10,11). The summed E-state index contributed by atoms with van der Waals surface area (Å²) in [7, 11) is -7.71. The molecule has 0 saturated carbocycles. The van der Waals surface area contributed by atoms with Gasteiger partial charge in [-0.15, -0.1) is 0 Å². The molecule has 0 bridgehead atoms. The Morgan fingerprint density at radius 3 is 1.07 bits per heavy atom. The van der Waals surface area contributed by atoms with Gasteiger partial charge in [-0.05, 0) is 48.5 Å². The maximum absolute atomic E-state index is 11.3. The third-order valence-corrected chi connectivity index (χ3v) is 5.58. The van der Waals surface area contributed by atoms with Gasteiger partial charge in [0.25, 0.3) is 20.0 Å². The number of amides is 4. The fourth-order valence-corrected chi connectivity index (χ4v) is 3.43. The Kier molecular flexibility index (Phi) is 7.17. The molecule has 0 aliphatic rings. The molecular formula is C14H18N6O6S2. The molecule has 0 radical (unpaired) electrons. The lowest BCUT2D eigenvalue weighted by molar-refractivity contribution is 0.252. The smallest absolute Gasteiger partial charge is 0.326 e. The van der Waals surface area contributed by atoms with Crippen molar-refractivity contribution in [2.24, 2.45) is 11.5 Å². The average molecular weight is 430 g/mol. The molecule has 0 aromatic heterocycles. The number of hydrogen-bond acceptors (Lipinski definition) is 8. The third kappa shape index (κ3) is 7.00. The molecule has 0 aliphatic carbocycles. The van der Waals surface area contributed by atoms with Crippen LogP contribution in [0.15, 0.2) is 58.3 Å². The van der Waals surface area contributed by atoms with Crippen molar-refractivity contribution >= 4 is 43.5 Å². The van der Waals surface area contributed by atoms with Gasteiger partial charge >= 0.3 is 12.1 Å². The number of urea groups is 2. The van der Waals surface area contributed by atoms with Gasteiger partial charge in [-0.3, -0.25) is 0 Å². The first-order chi connectivity index (χ1) is 12.8. The molecule has 0 aliphatic heterocycles. The number of nitrogen functional groups attached to an aromatic ring is 2. The SMILES string of the molecule is NC(=O)NS(=O)(=O)c1ccc(N)cc1.NC(=O)NS(=O)(=O)c1ccc(N)cc1. The van der Waals surface area contributed by atoms with Crippen LogP contribution in [0.2, 0.25) is 0 Å². The van der Waals surface area contributed by atoms with E-state index in [0.29, 0.717) is 11.4 Å². The Labute approximate surface area is 161 Å². The lowest BCUT2D eigenvalue weighted by atomic mass is 10.3. The molecule has 2 aromatic rings. The van der Waals surface area contributed by atoms with Gasteiger partial charge in [0.15, 0.2) is 0 Å². The Hall–Kier alpha value is -3.52. The highest BCUT2D eigenvalue weighted by Gasteiger charge is 2.15. The molecule has 0 fully saturated rings. The van der Waals surface area contributed by atoms with E-state index in [-0.39, 0.29) is 9.79 Å². The molecule has 0 unspecified atom stereocenters. The van der Waals surface area contributed by atoms with E-state index in [1.807, 2.05) is 0 Å². The summed E-state index contributed by atoms with van der Waals surface area (Å²) >= 11 is 0. The molecule has 14 heteroatoms. The predicted octanol–water partition coefficient (Wildman–Crippen LogP) is -0.748. The number of hydrogen-bond donors (Lipinski definition) is 6. The van der Waals surface area contributed by atoms with Gasteiger partial charge in [-0.25, -0.2) is 35.9 Å². The van der Waals surface area contributed by atoms with E-state index in [4.69, 9.17) is 22.9 Å². The average Bonchev–Trinajstić information content (AvgIpc) is 2.54. The maximum atomic E-state index is 11.3. The van der Waals surface area contributed by atoms with Gasteiger partial charge < -0.3 is 22.9 Å². The van der Waals surface area contributed by atoms with E-state index < -0.39 is 32.1 Å². The van der Waals surface area contributed by atoms with Crippen LogP contribution in [0.5, 0.6) is 0 Å². The topological polar surface area (TPSA) is 231 Å². The molecule has 0 atom stereocenters. The van der Waals surface area contributed by atoms with E-state index in [9.17, 15) is 26.4 Å². The predicted molar refractivity (Wildman–Crippen MR) is 102 cm³/mol. The van der Waals surface area contributed by atoms with Crippen LogP contribution in [-0.4, -0.2) is 28.9 Å². The van der Waals surface area contributed by atoms with Crippen LogP contribution >= 0.6 is 0 Å². The largest absolute Gasteiger partial charge is 0.399 e. The number of primary amides is 2. The van der Waals surface area contributed by atoms with E-state index in [1.165, 1.54) is 48.5 Å². The first-order valence-electron chi connectivity index (χ1n) is 7.19. The summed E-state index contributed by atoms with van der Waals surface area (Å²) in [5.74, 6) is 0. The molecule has 2 rings (SSSR count). The molecule has 0 spiro atoms. The number of nitrogens with two attached hydrogens (primary N) is 4. The molecule has 4 amide bonds. The summed E-state index contributed by atoms with van der Waals surface area (Å²) in [6, 6.07) is 8.52. The second-order valence-corrected chi connectivity index (χ2v) is 8.44. The molecule has 10 N–H and O–H groups in total. The van der Waals surface area contributed by atoms with Crippen molar-refractivity contribution in [3.8, 4) is 0 Å². The second-order valence-electron chi connectivity index (χ2n) is 5.08. The van der Waals surface area contributed by atoms with Gasteiger partial charge in [0.2, 0.25) is 0 Å². The van der Waals surface area contributed by atoms with Crippen molar-refractivity contribution in [1.29, 1.82) is 0 Å². The maximum Gasteiger partial charge on any atom is 0.326 e. The minimum Gasteiger partial charge on any atom is -0.399 e. The van der Waals surface area contributed by atoms with Crippen LogP contribution in [0.3, 0.4) is 0 Å². The summed E-state index contributed by atoms with van der Waals surface area (Å²) < 4.78 is 48.5. The van der Waals surface area contributed by atoms with Crippen LogP contribution in [0, 0.1) is 0 Å². The monoisotopic (exact) mass is 430 g/mol. The number of benzene rings is 2. The summed E-state index contributed by atoms with van der Waals surface area (Å²) in [6.45, 7) is 0. The van der Waals surface area contributed by atoms with Crippen LogP contribution in [0.4, 0.5) is 21.0 Å². The van der Waals surface area contributed by atoms with Gasteiger partial charge in [-0.1, -0.05) is 0 Å². The quantitative estimate of drug-likeness (QED) is 0.337. The molecule has 12 nitrogen and oxygen atoms in total. The van der Waals surface area contributed by atoms with E-state index in [0.717, 1.165) is 0 Å². The van der Waals surface area contributed by atoms with E-state index in [2.05, 4.69) is 0 Å². The van der Waals surface area contributed by atoms with Gasteiger partial charge in [-0.2, -0.15) is 0 Å². The number of carbonyl (C=O) groups excluding carboxylic acids is 2. The Balaban J connectivity index is 0.000000280. The molecule has 0 saturated heterocycles. The van der Waals surface area contributed by atoms with Gasteiger partial charge in [0, 0.05) is 11.4 Å². The van der Waals surface area contributed by atoms with Crippen molar-refractivity contribution < 1.29 is 26.4 Å². The zero-order chi connectivity index (χ0) is 21.5. The molecule has 28 heavy (non-hydrogen) atoms. The first kappa shape index (κ1) is 22.5. The molecule has 152 valence electrons. The number of rotatable bonds is 4.